The Bertz CT molecular complexity index is 777. The molecule has 0 unspecified atom stereocenters. The van der Waals surface area contributed by atoms with Gasteiger partial charge in [0.2, 0.25) is 0 Å². The van der Waals surface area contributed by atoms with Crippen LogP contribution in [0.2, 0.25) is 0 Å². The topological polar surface area (TPSA) is 66.8 Å². The highest BCUT2D eigenvalue weighted by atomic mass is 16.5. The number of benzene rings is 2. The van der Waals surface area contributed by atoms with Gasteiger partial charge in [0.25, 0.3) is 5.91 Å². The molecule has 1 amide bonds. The molecular formula is C21H23NO4. The lowest BCUT2D eigenvalue weighted by atomic mass is 9.88. The molecule has 5 nitrogen and oxygen atoms in total. The first-order valence-corrected chi connectivity index (χ1v) is 8.83. The lowest BCUT2D eigenvalue weighted by Crippen LogP contribution is -2.39. The van der Waals surface area contributed by atoms with Crippen LogP contribution in [-0.4, -0.2) is 42.1 Å². The van der Waals surface area contributed by atoms with Crippen molar-refractivity contribution in [2.24, 2.45) is 5.92 Å². The smallest absolute Gasteiger partial charge is 0.335 e. The first kappa shape index (κ1) is 18.0. The molecule has 136 valence electrons. The highest BCUT2D eigenvalue weighted by Crippen LogP contribution is 2.25. The summed E-state index contributed by atoms with van der Waals surface area (Å²) < 4.78 is 5.12. The van der Waals surface area contributed by atoms with E-state index in [9.17, 15) is 14.7 Å². The molecule has 0 saturated carbocycles. The van der Waals surface area contributed by atoms with Crippen LogP contribution in [0, 0.1) is 5.92 Å². The molecule has 5 heteroatoms. The van der Waals surface area contributed by atoms with Crippen molar-refractivity contribution in [2.75, 3.05) is 20.2 Å². The summed E-state index contributed by atoms with van der Waals surface area (Å²) in [5.41, 5.74) is 1.92. The lowest BCUT2D eigenvalue weighted by molar-refractivity contribution is 0.0690. The number of hydrogen-bond acceptors (Lipinski definition) is 3. The normalized spacial score (nSPS) is 14.9. The van der Waals surface area contributed by atoms with E-state index in [4.69, 9.17) is 4.74 Å². The Balaban J connectivity index is 1.59. The van der Waals surface area contributed by atoms with Gasteiger partial charge in [-0.2, -0.15) is 0 Å². The van der Waals surface area contributed by atoms with Gasteiger partial charge in [0, 0.05) is 18.7 Å². The molecule has 26 heavy (non-hydrogen) atoms. The van der Waals surface area contributed by atoms with E-state index >= 15 is 0 Å². The molecular weight excluding hydrogens is 330 g/mol. The number of carbonyl (C=O) groups excluding carboxylic acids is 1. The van der Waals surface area contributed by atoms with E-state index in [0.717, 1.165) is 30.6 Å². The number of rotatable bonds is 5. The second-order valence-electron chi connectivity index (χ2n) is 6.63. The van der Waals surface area contributed by atoms with Gasteiger partial charge in [0.15, 0.2) is 0 Å². The average Bonchev–Trinajstić information content (AvgIpc) is 2.68. The van der Waals surface area contributed by atoms with Crippen LogP contribution in [0.5, 0.6) is 5.75 Å². The number of methoxy groups -OCH3 is 1. The molecule has 1 aliphatic heterocycles. The zero-order valence-corrected chi connectivity index (χ0v) is 14.9. The minimum atomic E-state index is -0.882. The number of hydrogen-bond donors (Lipinski definition) is 1. The first-order valence-electron chi connectivity index (χ1n) is 8.83. The highest BCUT2D eigenvalue weighted by molar-refractivity contribution is 5.94. The van der Waals surface area contributed by atoms with Crippen molar-refractivity contribution in [1.29, 1.82) is 0 Å². The minimum absolute atomic E-state index is 0.0389. The number of amides is 1. The average molecular weight is 353 g/mol. The maximum Gasteiger partial charge on any atom is 0.335 e. The zero-order chi connectivity index (χ0) is 18.5. The number of piperidine rings is 1. The molecule has 1 heterocycles. The molecule has 0 radical (unpaired) electrons. The predicted molar refractivity (Wildman–Crippen MR) is 98.7 cm³/mol. The molecule has 0 aliphatic carbocycles. The fraction of sp³-hybridized carbons (Fsp3) is 0.333. The minimum Gasteiger partial charge on any atom is -0.497 e. The number of aromatic carboxylic acids is 1. The van der Waals surface area contributed by atoms with Crippen molar-refractivity contribution in [2.45, 2.75) is 19.3 Å². The monoisotopic (exact) mass is 353 g/mol. The SMILES string of the molecule is COc1ccc(C(=O)N2CCC(Cc3ccccc3C(=O)O)CC2)cc1. The van der Waals surface area contributed by atoms with E-state index < -0.39 is 5.97 Å². The summed E-state index contributed by atoms with van der Waals surface area (Å²) in [7, 11) is 1.60. The summed E-state index contributed by atoms with van der Waals surface area (Å²) in [6.45, 7) is 1.40. The van der Waals surface area contributed by atoms with Gasteiger partial charge in [-0.1, -0.05) is 18.2 Å². The van der Waals surface area contributed by atoms with Gasteiger partial charge in [-0.25, -0.2) is 4.79 Å². The van der Waals surface area contributed by atoms with Crippen LogP contribution < -0.4 is 4.74 Å². The van der Waals surface area contributed by atoms with Crippen LogP contribution in [0.15, 0.2) is 48.5 Å². The van der Waals surface area contributed by atoms with Gasteiger partial charge in [-0.15, -0.1) is 0 Å². The number of carbonyl (C=O) groups is 2. The van der Waals surface area contributed by atoms with E-state index in [0.29, 0.717) is 30.1 Å². The molecule has 0 atom stereocenters. The third-order valence-corrected chi connectivity index (χ3v) is 5.00. The van der Waals surface area contributed by atoms with E-state index in [-0.39, 0.29) is 5.91 Å². The van der Waals surface area contributed by atoms with Crippen LogP contribution >= 0.6 is 0 Å². The van der Waals surface area contributed by atoms with Crippen molar-refractivity contribution in [3.05, 3.63) is 65.2 Å². The predicted octanol–water partition coefficient (Wildman–Crippen LogP) is 3.49. The molecule has 0 bridgehead atoms. The van der Waals surface area contributed by atoms with Crippen molar-refractivity contribution < 1.29 is 19.4 Å². The molecule has 2 aromatic rings. The van der Waals surface area contributed by atoms with Crippen LogP contribution in [0.25, 0.3) is 0 Å². The fourth-order valence-electron chi connectivity index (χ4n) is 3.47. The lowest BCUT2D eigenvalue weighted by Gasteiger charge is -2.32. The number of carboxylic acids is 1. The summed E-state index contributed by atoms with van der Waals surface area (Å²) in [4.78, 5) is 25.8. The van der Waals surface area contributed by atoms with Crippen LogP contribution in [0.4, 0.5) is 0 Å². The highest BCUT2D eigenvalue weighted by Gasteiger charge is 2.24. The molecule has 1 fully saturated rings. The van der Waals surface area contributed by atoms with Gasteiger partial charge in [0.1, 0.15) is 5.75 Å². The van der Waals surface area contributed by atoms with E-state index in [1.165, 1.54) is 0 Å². The van der Waals surface area contributed by atoms with Crippen molar-refractivity contribution in [3.8, 4) is 5.75 Å². The molecule has 0 aromatic heterocycles. The zero-order valence-electron chi connectivity index (χ0n) is 14.9. The molecule has 2 aromatic carbocycles. The van der Waals surface area contributed by atoms with Crippen LogP contribution in [0.1, 0.15) is 39.1 Å². The summed E-state index contributed by atoms with van der Waals surface area (Å²) >= 11 is 0. The number of ether oxygens (including phenoxy) is 1. The third-order valence-electron chi connectivity index (χ3n) is 5.00. The van der Waals surface area contributed by atoms with Gasteiger partial charge in [-0.3, -0.25) is 4.79 Å². The Kier molecular flexibility index (Phi) is 5.56. The van der Waals surface area contributed by atoms with E-state index in [1.807, 2.05) is 17.0 Å². The molecule has 0 spiro atoms. The largest absolute Gasteiger partial charge is 0.497 e. The van der Waals surface area contributed by atoms with Gasteiger partial charge < -0.3 is 14.7 Å². The Hall–Kier alpha value is -2.82. The van der Waals surface area contributed by atoms with E-state index in [1.54, 1.807) is 43.5 Å². The van der Waals surface area contributed by atoms with Crippen molar-refractivity contribution in [1.82, 2.24) is 4.90 Å². The van der Waals surface area contributed by atoms with Crippen LogP contribution in [0.3, 0.4) is 0 Å². The van der Waals surface area contributed by atoms with Crippen LogP contribution in [-0.2, 0) is 6.42 Å². The van der Waals surface area contributed by atoms with Gasteiger partial charge >= 0.3 is 5.97 Å². The second kappa shape index (κ2) is 8.04. The maximum absolute atomic E-state index is 12.6. The van der Waals surface area contributed by atoms with Crippen molar-refractivity contribution >= 4 is 11.9 Å². The molecule has 1 N–H and O–H groups in total. The second-order valence-corrected chi connectivity index (χ2v) is 6.63. The first-order chi connectivity index (χ1) is 12.6. The van der Waals surface area contributed by atoms with Crippen molar-refractivity contribution in [3.63, 3.8) is 0 Å². The number of likely N-dealkylation sites (tertiary alicyclic amines) is 1. The Labute approximate surface area is 153 Å². The van der Waals surface area contributed by atoms with Gasteiger partial charge in [-0.05, 0) is 61.1 Å². The Morgan fingerprint density at radius 1 is 1.08 bits per heavy atom. The standard InChI is InChI=1S/C21H23NO4/c1-26-18-8-6-16(7-9-18)20(23)22-12-10-15(11-13-22)14-17-4-2-3-5-19(17)21(24)25/h2-9,15H,10-14H2,1H3,(H,24,25). The quantitative estimate of drug-likeness (QED) is 0.893. The van der Waals surface area contributed by atoms with Gasteiger partial charge in [0.05, 0.1) is 12.7 Å². The fourth-order valence-corrected chi connectivity index (χ4v) is 3.47. The Morgan fingerprint density at radius 2 is 1.73 bits per heavy atom. The third kappa shape index (κ3) is 4.04. The molecule has 1 aliphatic rings. The maximum atomic E-state index is 12.6. The molecule has 1 saturated heterocycles. The van der Waals surface area contributed by atoms with E-state index in [2.05, 4.69) is 0 Å². The summed E-state index contributed by atoms with van der Waals surface area (Å²) in [5.74, 6) is 0.289. The Morgan fingerprint density at radius 3 is 2.35 bits per heavy atom. The summed E-state index contributed by atoms with van der Waals surface area (Å²) in [6.07, 6.45) is 2.51. The summed E-state index contributed by atoms with van der Waals surface area (Å²) in [5, 5.41) is 9.31. The number of carboxylic acid groups (broad SMARTS) is 1. The number of nitrogens with zero attached hydrogens (tertiary/aromatic N) is 1. The summed E-state index contributed by atoms with van der Waals surface area (Å²) in [6, 6.07) is 14.3. The molecule has 3 rings (SSSR count).